The Labute approximate surface area is 216 Å². The topological polar surface area (TPSA) is 108 Å². The first-order valence-corrected chi connectivity index (χ1v) is 12.6. The summed E-state index contributed by atoms with van der Waals surface area (Å²) in [5, 5.41) is 9.51. The highest BCUT2D eigenvalue weighted by Gasteiger charge is 2.30. The van der Waals surface area contributed by atoms with Crippen molar-refractivity contribution in [3.05, 3.63) is 63.9 Å². The molecule has 1 saturated heterocycles. The van der Waals surface area contributed by atoms with E-state index in [1.165, 1.54) is 0 Å². The van der Waals surface area contributed by atoms with Gasteiger partial charge >= 0.3 is 0 Å². The number of hydrogen-bond donors (Lipinski definition) is 3. The minimum absolute atomic E-state index is 0.00397. The summed E-state index contributed by atoms with van der Waals surface area (Å²) in [5.41, 5.74) is 2.88. The van der Waals surface area contributed by atoms with Gasteiger partial charge in [-0.3, -0.25) is 9.59 Å². The van der Waals surface area contributed by atoms with Crippen molar-refractivity contribution in [3.63, 3.8) is 0 Å². The number of aromatic nitrogens is 2. The molecule has 5 rings (SSSR count). The number of nitrogens with one attached hydrogen (secondary N) is 3. The van der Waals surface area contributed by atoms with E-state index in [1.807, 2.05) is 36.4 Å². The number of ether oxygens (including phenoxy) is 1. The SMILES string of the molecule is O=C(Nc1ccccc1Nc1nc(Nc2ccc(C(=O)N3CCOCC3)cc2)ncc1I)C1CC1. The first kappa shape index (κ1) is 23.5. The molecule has 10 heteroatoms. The van der Waals surface area contributed by atoms with Crippen LogP contribution >= 0.6 is 22.6 Å². The molecule has 2 heterocycles. The zero-order chi connectivity index (χ0) is 24.2. The second-order valence-corrected chi connectivity index (χ2v) is 9.59. The van der Waals surface area contributed by atoms with Crippen molar-refractivity contribution in [2.75, 3.05) is 42.3 Å². The van der Waals surface area contributed by atoms with Gasteiger partial charge in [-0.15, -0.1) is 0 Å². The summed E-state index contributed by atoms with van der Waals surface area (Å²) >= 11 is 2.17. The van der Waals surface area contributed by atoms with Gasteiger partial charge in [0.1, 0.15) is 5.82 Å². The maximum atomic E-state index is 12.7. The van der Waals surface area contributed by atoms with Crippen molar-refractivity contribution in [1.29, 1.82) is 0 Å². The third kappa shape index (κ3) is 5.88. The molecule has 3 N–H and O–H groups in total. The molecular formula is C25H25IN6O3. The summed E-state index contributed by atoms with van der Waals surface area (Å²) < 4.78 is 6.16. The summed E-state index contributed by atoms with van der Waals surface area (Å²) in [6, 6.07) is 14.8. The predicted molar refractivity (Wildman–Crippen MR) is 142 cm³/mol. The van der Waals surface area contributed by atoms with Gasteiger partial charge in [-0.1, -0.05) is 12.1 Å². The van der Waals surface area contributed by atoms with Gasteiger partial charge in [0.25, 0.3) is 5.91 Å². The van der Waals surface area contributed by atoms with Crippen LogP contribution in [-0.4, -0.2) is 53.0 Å². The number of hydrogen-bond acceptors (Lipinski definition) is 7. The van der Waals surface area contributed by atoms with Crippen molar-refractivity contribution < 1.29 is 14.3 Å². The summed E-state index contributed by atoms with van der Waals surface area (Å²) in [4.78, 5) is 35.7. The highest BCUT2D eigenvalue weighted by Crippen LogP contribution is 2.33. The monoisotopic (exact) mass is 584 g/mol. The third-order valence-electron chi connectivity index (χ3n) is 5.82. The van der Waals surface area contributed by atoms with E-state index in [9.17, 15) is 9.59 Å². The number of rotatable bonds is 7. The van der Waals surface area contributed by atoms with Gasteiger partial charge in [0.2, 0.25) is 11.9 Å². The molecule has 2 amide bonds. The van der Waals surface area contributed by atoms with E-state index in [0.717, 1.165) is 27.8 Å². The maximum absolute atomic E-state index is 12.7. The average Bonchev–Trinajstić information content (AvgIpc) is 3.74. The normalized spacial score (nSPS) is 15.4. The molecule has 2 fully saturated rings. The highest BCUT2D eigenvalue weighted by atomic mass is 127. The standard InChI is InChI=1S/C25H25IN6O3/c26-19-15-27-25(28-18-9-7-17(8-10-18)24(34)32-11-13-35-14-12-32)31-22(19)29-20-3-1-2-4-21(20)30-23(33)16-5-6-16/h1-4,7-10,15-16H,5-6,11-14H2,(H,30,33)(H2,27,28,29,31). The summed E-state index contributed by atoms with van der Waals surface area (Å²) in [6.45, 7) is 2.36. The molecule has 0 atom stereocenters. The highest BCUT2D eigenvalue weighted by molar-refractivity contribution is 14.1. The van der Waals surface area contributed by atoms with E-state index in [-0.39, 0.29) is 17.7 Å². The largest absolute Gasteiger partial charge is 0.378 e. The number of carbonyl (C=O) groups is 2. The van der Waals surface area contributed by atoms with Crippen LogP contribution in [0.5, 0.6) is 0 Å². The second-order valence-electron chi connectivity index (χ2n) is 8.43. The van der Waals surface area contributed by atoms with Crippen molar-refractivity contribution in [1.82, 2.24) is 14.9 Å². The summed E-state index contributed by atoms with van der Waals surface area (Å²) in [7, 11) is 0. The molecule has 1 aliphatic carbocycles. The molecule has 1 aromatic heterocycles. The minimum atomic E-state index is 0.00397. The fourth-order valence-corrected chi connectivity index (χ4v) is 4.09. The fourth-order valence-electron chi connectivity index (χ4n) is 3.70. The molecule has 3 aromatic rings. The predicted octanol–water partition coefficient (Wildman–Crippen LogP) is 4.39. The smallest absolute Gasteiger partial charge is 0.254 e. The molecule has 9 nitrogen and oxygen atoms in total. The lowest BCUT2D eigenvalue weighted by molar-refractivity contribution is -0.117. The first-order chi connectivity index (χ1) is 17.1. The lowest BCUT2D eigenvalue weighted by atomic mass is 10.1. The maximum Gasteiger partial charge on any atom is 0.254 e. The second kappa shape index (κ2) is 10.6. The van der Waals surface area contributed by atoms with Crippen molar-refractivity contribution in [2.24, 2.45) is 5.92 Å². The van der Waals surface area contributed by atoms with E-state index in [2.05, 4.69) is 48.5 Å². The van der Waals surface area contributed by atoms with Gasteiger partial charge in [0.15, 0.2) is 0 Å². The molecule has 0 bridgehead atoms. The Morgan fingerprint density at radius 2 is 1.69 bits per heavy atom. The van der Waals surface area contributed by atoms with Crippen LogP contribution in [0.25, 0.3) is 0 Å². The minimum Gasteiger partial charge on any atom is -0.378 e. The van der Waals surface area contributed by atoms with E-state index in [1.54, 1.807) is 23.2 Å². The van der Waals surface area contributed by atoms with E-state index in [0.29, 0.717) is 49.3 Å². The quantitative estimate of drug-likeness (QED) is 0.354. The van der Waals surface area contributed by atoms with Gasteiger partial charge < -0.3 is 25.6 Å². The molecule has 1 aliphatic heterocycles. The van der Waals surface area contributed by atoms with Gasteiger partial charge in [-0.2, -0.15) is 4.98 Å². The van der Waals surface area contributed by atoms with E-state index in [4.69, 9.17) is 4.74 Å². The Balaban J connectivity index is 1.28. The van der Waals surface area contributed by atoms with Gasteiger partial charge in [-0.25, -0.2) is 4.98 Å². The molecule has 2 aromatic carbocycles. The van der Waals surface area contributed by atoms with Crippen LogP contribution in [0.1, 0.15) is 23.2 Å². The number of anilines is 5. The molecule has 0 spiro atoms. The number of halogens is 1. The molecule has 1 saturated carbocycles. The van der Waals surface area contributed by atoms with Crippen LogP contribution in [0.4, 0.5) is 28.8 Å². The third-order valence-corrected chi connectivity index (χ3v) is 6.61. The molecule has 180 valence electrons. The van der Waals surface area contributed by atoms with Crippen LogP contribution in [-0.2, 0) is 9.53 Å². The Bertz CT molecular complexity index is 1230. The molecule has 35 heavy (non-hydrogen) atoms. The number of amides is 2. The number of para-hydroxylation sites is 2. The average molecular weight is 584 g/mol. The van der Waals surface area contributed by atoms with E-state index >= 15 is 0 Å². The Kier molecular flexibility index (Phi) is 7.09. The van der Waals surface area contributed by atoms with Gasteiger partial charge in [0.05, 0.1) is 28.2 Å². The van der Waals surface area contributed by atoms with Crippen LogP contribution in [0.3, 0.4) is 0 Å². The Morgan fingerprint density at radius 1 is 0.971 bits per heavy atom. The van der Waals surface area contributed by atoms with Crippen molar-refractivity contribution in [3.8, 4) is 0 Å². The van der Waals surface area contributed by atoms with Crippen LogP contribution in [0.15, 0.2) is 54.7 Å². The molecular weight excluding hydrogens is 559 g/mol. The molecule has 0 unspecified atom stereocenters. The van der Waals surface area contributed by atoms with Gasteiger partial charge in [0, 0.05) is 36.5 Å². The lowest BCUT2D eigenvalue weighted by Gasteiger charge is -2.26. The van der Waals surface area contributed by atoms with Crippen LogP contribution in [0.2, 0.25) is 0 Å². The zero-order valence-corrected chi connectivity index (χ0v) is 21.1. The van der Waals surface area contributed by atoms with Gasteiger partial charge in [-0.05, 0) is 71.8 Å². The van der Waals surface area contributed by atoms with Crippen LogP contribution in [0, 0.1) is 9.49 Å². The van der Waals surface area contributed by atoms with Crippen LogP contribution < -0.4 is 16.0 Å². The number of carbonyl (C=O) groups excluding carboxylic acids is 2. The number of nitrogens with zero attached hydrogens (tertiary/aromatic N) is 3. The summed E-state index contributed by atoms with van der Waals surface area (Å²) in [5.74, 6) is 1.21. The van der Waals surface area contributed by atoms with E-state index < -0.39 is 0 Å². The zero-order valence-electron chi connectivity index (χ0n) is 19.0. The Hall–Kier alpha value is -3.25. The number of benzene rings is 2. The number of morpholine rings is 1. The Morgan fingerprint density at radius 3 is 2.40 bits per heavy atom. The molecule has 2 aliphatic rings. The molecule has 0 radical (unpaired) electrons. The van der Waals surface area contributed by atoms with Crippen molar-refractivity contribution in [2.45, 2.75) is 12.8 Å². The summed E-state index contributed by atoms with van der Waals surface area (Å²) in [6.07, 6.45) is 3.62. The fraction of sp³-hybridized carbons (Fsp3) is 0.280. The first-order valence-electron chi connectivity index (χ1n) is 11.5. The van der Waals surface area contributed by atoms with Crippen molar-refractivity contribution >= 4 is 63.2 Å². The lowest BCUT2D eigenvalue weighted by Crippen LogP contribution is -2.40.